The molecule has 11 heteroatoms. The number of fused-ring (bicyclic) bond motifs is 1. The second-order valence-corrected chi connectivity index (χ2v) is 11.9. The van der Waals surface area contributed by atoms with Crippen molar-refractivity contribution in [2.75, 3.05) is 5.32 Å². The van der Waals surface area contributed by atoms with Crippen LogP contribution in [0.5, 0.6) is 0 Å². The number of halogens is 2. The first-order chi connectivity index (χ1) is 16.9. The molecule has 0 spiro atoms. The first-order valence-electron chi connectivity index (χ1n) is 10.5. The number of thiophene rings is 1. The van der Waals surface area contributed by atoms with Gasteiger partial charge in [0, 0.05) is 29.7 Å². The van der Waals surface area contributed by atoms with E-state index in [9.17, 15) is 8.42 Å². The Balaban J connectivity index is 1.32. The Hall–Kier alpha value is -2.76. The number of benzene rings is 2. The van der Waals surface area contributed by atoms with Crippen molar-refractivity contribution in [2.24, 2.45) is 0 Å². The van der Waals surface area contributed by atoms with E-state index in [1.54, 1.807) is 28.2 Å². The Bertz CT molecular complexity index is 1590. The minimum Gasteiger partial charge on any atom is -0.366 e. The van der Waals surface area contributed by atoms with Gasteiger partial charge in [0.05, 0.1) is 16.4 Å². The molecule has 0 amide bonds. The molecule has 0 bridgehead atoms. The molecular weight excluding hydrogens is 570 g/mol. The molecule has 0 aliphatic heterocycles. The molecule has 5 aromatic rings. The van der Waals surface area contributed by atoms with Crippen LogP contribution < -0.4 is 10.0 Å². The summed E-state index contributed by atoms with van der Waals surface area (Å²) in [5, 5.41) is 10.2. The molecule has 7 nitrogen and oxygen atoms in total. The summed E-state index contributed by atoms with van der Waals surface area (Å²) in [6.45, 7) is 0.765. The third kappa shape index (κ3) is 5.26. The summed E-state index contributed by atoms with van der Waals surface area (Å²) in [4.78, 5) is 4.73. The summed E-state index contributed by atoms with van der Waals surface area (Å²) < 4.78 is 30.1. The lowest BCUT2D eigenvalue weighted by molar-refractivity contribution is 0.583. The molecular formula is C24H19BrClN5O2S2. The second-order valence-electron chi connectivity index (χ2n) is 7.66. The van der Waals surface area contributed by atoms with Crippen molar-refractivity contribution in [1.82, 2.24) is 19.3 Å². The van der Waals surface area contributed by atoms with Crippen LogP contribution in [-0.4, -0.2) is 23.0 Å². The van der Waals surface area contributed by atoms with Gasteiger partial charge in [0.1, 0.15) is 10.0 Å². The smallest absolute Gasteiger partial charge is 0.250 e. The third-order valence-corrected chi connectivity index (χ3v) is 8.99. The van der Waals surface area contributed by atoms with Gasteiger partial charge in [-0.25, -0.2) is 18.1 Å². The number of anilines is 1. The topological polar surface area (TPSA) is 88.4 Å². The van der Waals surface area contributed by atoms with Crippen molar-refractivity contribution in [3.63, 3.8) is 0 Å². The molecule has 0 saturated heterocycles. The quantitative estimate of drug-likeness (QED) is 0.233. The van der Waals surface area contributed by atoms with E-state index < -0.39 is 10.0 Å². The average Bonchev–Trinajstić information content (AvgIpc) is 3.54. The Morgan fingerprint density at radius 3 is 2.46 bits per heavy atom. The molecule has 0 atom stereocenters. The van der Waals surface area contributed by atoms with E-state index in [1.165, 1.54) is 11.3 Å². The maximum Gasteiger partial charge on any atom is 0.250 e. The molecule has 3 heterocycles. The number of nitrogens with zero attached hydrogens (tertiary/aromatic N) is 3. The van der Waals surface area contributed by atoms with Gasteiger partial charge < -0.3 is 5.32 Å². The zero-order chi connectivity index (χ0) is 24.4. The first-order valence-corrected chi connectivity index (χ1v) is 14.1. The van der Waals surface area contributed by atoms with E-state index in [-0.39, 0.29) is 6.54 Å². The Kier molecular flexibility index (Phi) is 6.90. The Morgan fingerprint density at radius 1 is 1.00 bits per heavy atom. The Labute approximate surface area is 220 Å². The molecule has 2 N–H and O–H groups in total. The Morgan fingerprint density at radius 2 is 1.74 bits per heavy atom. The van der Waals surface area contributed by atoms with Crippen LogP contribution in [0.4, 0.5) is 5.82 Å². The fourth-order valence-corrected chi connectivity index (χ4v) is 6.14. The van der Waals surface area contributed by atoms with Crippen molar-refractivity contribution >= 4 is 60.4 Å². The van der Waals surface area contributed by atoms with Gasteiger partial charge in [-0.3, -0.25) is 0 Å². The highest BCUT2D eigenvalue weighted by Crippen LogP contribution is 2.30. The highest BCUT2D eigenvalue weighted by molar-refractivity contribution is 9.10. The molecule has 178 valence electrons. The molecule has 0 saturated carbocycles. The van der Waals surface area contributed by atoms with E-state index in [0.29, 0.717) is 21.4 Å². The molecule has 0 aliphatic rings. The van der Waals surface area contributed by atoms with Crippen LogP contribution in [0, 0.1) is 0 Å². The number of hydrogen-bond acceptors (Lipinski definition) is 6. The van der Waals surface area contributed by atoms with E-state index in [0.717, 1.165) is 32.7 Å². The largest absolute Gasteiger partial charge is 0.366 e. The summed E-state index contributed by atoms with van der Waals surface area (Å²) in [6, 6.07) is 20.6. The highest BCUT2D eigenvalue weighted by atomic mass is 79.9. The minimum atomic E-state index is -3.49. The highest BCUT2D eigenvalue weighted by Gasteiger charge is 2.15. The number of nitrogens with one attached hydrogen (secondary N) is 2. The van der Waals surface area contributed by atoms with Crippen LogP contribution in [0.2, 0.25) is 5.02 Å². The van der Waals surface area contributed by atoms with Crippen LogP contribution in [-0.2, 0) is 23.1 Å². The zero-order valence-corrected chi connectivity index (χ0v) is 22.1. The van der Waals surface area contributed by atoms with E-state index >= 15 is 0 Å². The summed E-state index contributed by atoms with van der Waals surface area (Å²) in [5.41, 5.74) is 4.16. The van der Waals surface area contributed by atoms with Crippen LogP contribution in [0.25, 0.3) is 16.9 Å². The van der Waals surface area contributed by atoms with Crippen molar-refractivity contribution < 1.29 is 8.42 Å². The van der Waals surface area contributed by atoms with Crippen LogP contribution in [0.1, 0.15) is 11.1 Å². The standard InChI is InChI=1S/C24H19BrClN5O2S2/c25-19-15-28-31-22(12-21(30-24(19)31)18-4-1-2-5-20(18)26)27-13-16-7-9-17(10-8-16)14-29-35(32,33)23-6-3-11-34-23/h1-12,15,27,29H,13-14H2. The minimum absolute atomic E-state index is 0.224. The predicted octanol–water partition coefficient (Wildman–Crippen LogP) is 5.96. The molecule has 0 aliphatic carbocycles. The van der Waals surface area contributed by atoms with E-state index in [1.807, 2.05) is 54.6 Å². The number of aromatic nitrogens is 3. The lowest BCUT2D eigenvalue weighted by Crippen LogP contribution is -2.22. The number of hydrogen-bond donors (Lipinski definition) is 2. The van der Waals surface area contributed by atoms with Crippen molar-refractivity contribution in [3.8, 4) is 11.3 Å². The summed E-state index contributed by atoms with van der Waals surface area (Å²) in [5.74, 6) is 0.767. The van der Waals surface area contributed by atoms with Gasteiger partial charge in [0.25, 0.3) is 0 Å². The molecule has 35 heavy (non-hydrogen) atoms. The monoisotopic (exact) mass is 587 g/mol. The van der Waals surface area contributed by atoms with Gasteiger partial charge in [-0.15, -0.1) is 11.3 Å². The lowest BCUT2D eigenvalue weighted by Gasteiger charge is -2.12. The van der Waals surface area contributed by atoms with Crippen molar-refractivity contribution in [3.05, 3.63) is 98.9 Å². The number of sulfonamides is 1. The number of rotatable bonds is 8. The van der Waals surface area contributed by atoms with Gasteiger partial charge in [-0.1, -0.05) is 60.1 Å². The first kappa shape index (κ1) is 24.0. The maximum atomic E-state index is 12.3. The third-order valence-electron chi connectivity index (χ3n) is 5.30. The van der Waals surface area contributed by atoms with Crippen LogP contribution in [0.3, 0.4) is 0 Å². The van der Waals surface area contributed by atoms with Gasteiger partial charge in [-0.05, 0) is 44.6 Å². The lowest BCUT2D eigenvalue weighted by atomic mass is 10.1. The molecule has 0 fully saturated rings. The molecule has 3 aromatic heterocycles. The van der Waals surface area contributed by atoms with Crippen molar-refractivity contribution in [2.45, 2.75) is 17.3 Å². The molecule has 2 aromatic carbocycles. The van der Waals surface area contributed by atoms with Gasteiger partial charge in [0.2, 0.25) is 10.0 Å². The zero-order valence-electron chi connectivity index (χ0n) is 18.2. The molecule has 0 unspecified atom stereocenters. The van der Waals surface area contributed by atoms with Crippen LogP contribution in [0.15, 0.2) is 87.0 Å². The van der Waals surface area contributed by atoms with Crippen molar-refractivity contribution in [1.29, 1.82) is 0 Å². The van der Waals surface area contributed by atoms with Gasteiger partial charge in [0.15, 0.2) is 5.65 Å². The summed E-state index contributed by atoms with van der Waals surface area (Å²) in [7, 11) is -3.49. The molecule has 0 radical (unpaired) electrons. The van der Waals surface area contributed by atoms with E-state index in [4.69, 9.17) is 16.6 Å². The van der Waals surface area contributed by atoms with Gasteiger partial charge in [-0.2, -0.15) is 9.61 Å². The SMILES string of the molecule is O=S(=O)(NCc1ccc(CNc2cc(-c3ccccc3Cl)nc3c(Br)cnn23)cc1)c1cccs1. The van der Waals surface area contributed by atoms with E-state index in [2.05, 4.69) is 31.1 Å². The second kappa shape index (κ2) is 10.1. The van der Waals surface area contributed by atoms with Gasteiger partial charge >= 0.3 is 0 Å². The fourth-order valence-electron chi connectivity index (χ4n) is 3.50. The van der Waals surface area contributed by atoms with Crippen LogP contribution >= 0.6 is 38.9 Å². The molecule has 5 rings (SSSR count). The predicted molar refractivity (Wildman–Crippen MR) is 143 cm³/mol. The normalized spacial score (nSPS) is 11.7. The average molecular weight is 589 g/mol. The maximum absolute atomic E-state index is 12.3. The summed E-state index contributed by atoms with van der Waals surface area (Å²) >= 11 is 11.1. The summed E-state index contributed by atoms with van der Waals surface area (Å²) in [6.07, 6.45) is 1.70. The fraction of sp³-hybridized carbons (Fsp3) is 0.0833.